The average Bonchev–Trinajstić information content (AvgIpc) is 2.26. The van der Waals surface area contributed by atoms with Crippen molar-refractivity contribution in [3.05, 3.63) is 8.58 Å². The fourth-order valence-corrected chi connectivity index (χ4v) is 2.25. The summed E-state index contributed by atoms with van der Waals surface area (Å²) in [6, 6.07) is 0. The molecule has 0 spiro atoms. The zero-order valence-corrected chi connectivity index (χ0v) is 12.0. The van der Waals surface area contributed by atoms with Gasteiger partial charge in [-0.15, -0.1) is 0 Å². The summed E-state index contributed by atoms with van der Waals surface area (Å²) in [5.74, 6) is 0. The minimum absolute atomic E-state index is 0.465. The second-order valence-electron chi connectivity index (χ2n) is 4.01. The maximum Gasteiger partial charge on any atom is 0.413 e. The third-order valence-corrected chi connectivity index (χ3v) is 3.65. The van der Waals surface area contributed by atoms with Gasteiger partial charge in [0.15, 0.2) is 5.13 Å². The van der Waals surface area contributed by atoms with E-state index in [2.05, 4.69) is 32.9 Å². The van der Waals surface area contributed by atoms with E-state index in [1.54, 1.807) is 0 Å². The third-order valence-electron chi connectivity index (χ3n) is 1.35. The Bertz CT molecular complexity index is 351. The molecule has 84 valence electrons. The zero-order chi connectivity index (χ0) is 11.6. The number of rotatable bonds is 1. The van der Waals surface area contributed by atoms with Gasteiger partial charge in [-0.3, -0.25) is 5.32 Å². The molecule has 0 aromatic carbocycles. The number of aromatic nitrogens is 1. The quantitative estimate of drug-likeness (QED) is 0.797. The molecule has 6 heteroatoms. The Balaban J connectivity index is 2.59. The highest BCUT2D eigenvalue weighted by Gasteiger charge is 2.17. The molecule has 1 rings (SSSR count). The first kappa shape index (κ1) is 12.7. The Labute approximate surface area is 107 Å². The first-order valence-electron chi connectivity index (χ1n) is 4.41. The van der Waals surface area contributed by atoms with E-state index in [4.69, 9.17) is 4.74 Å². The maximum atomic E-state index is 11.4. The van der Waals surface area contributed by atoms with Crippen LogP contribution in [0.2, 0.25) is 0 Å². The van der Waals surface area contributed by atoms with Gasteiger partial charge in [-0.2, -0.15) is 0 Å². The lowest BCUT2D eigenvalue weighted by Gasteiger charge is -2.18. The van der Waals surface area contributed by atoms with Gasteiger partial charge in [0.1, 0.15) is 5.60 Å². The van der Waals surface area contributed by atoms with E-state index in [1.807, 2.05) is 27.7 Å². The zero-order valence-electron chi connectivity index (χ0n) is 9.05. The van der Waals surface area contributed by atoms with Crippen molar-refractivity contribution in [2.24, 2.45) is 0 Å². The molecular formula is C9H13IN2O2S. The van der Waals surface area contributed by atoms with Crippen LogP contribution in [0.5, 0.6) is 0 Å². The molecule has 0 aliphatic heterocycles. The number of thiazole rings is 1. The van der Waals surface area contributed by atoms with E-state index in [0.29, 0.717) is 5.13 Å². The Hall–Kier alpha value is -0.370. The minimum Gasteiger partial charge on any atom is -0.444 e. The van der Waals surface area contributed by atoms with Crippen molar-refractivity contribution >= 4 is 45.2 Å². The summed E-state index contributed by atoms with van der Waals surface area (Å²) < 4.78 is 6.17. The topological polar surface area (TPSA) is 51.2 Å². The molecule has 1 heterocycles. The van der Waals surface area contributed by atoms with Gasteiger partial charge in [-0.05, 0) is 50.3 Å². The summed E-state index contributed by atoms with van der Waals surface area (Å²) in [5, 5.41) is 3.18. The smallest absolute Gasteiger partial charge is 0.413 e. The van der Waals surface area contributed by atoms with E-state index in [0.717, 1.165) is 8.58 Å². The van der Waals surface area contributed by atoms with Crippen LogP contribution in [0.3, 0.4) is 0 Å². The van der Waals surface area contributed by atoms with Crippen molar-refractivity contribution in [1.82, 2.24) is 4.98 Å². The van der Waals surface area contributed by atoms with Gasteiger partial charge in [-0.1, -0.05) is 11.3 Å². The van der Waals surface area contributed by atoms with Crippen LogP contribution in [0.4, 0.5) is 9.93 Å². The van der Waals surface area contributed by atoms with Crippen LogP contribution in [0, 0.1) is 9.81 Å². The molecule has 0 aliphatic rings. The van der Waals surface area contributed by atoms with Gasteiger partial charge >= 0.3 is 6.09 Å². The highest BCUT2D eigenvalue weighted by molar-refractivity contribution is 14.1. The van der Waals surface area contributed by atoms with E-state index in [9.17, 15) is 4.79 Å². The maximum absolute atomic E-state index is 11.4. The van der Waals surface area contributed by atoms with Crippen molar-refractivity contribution in [2.75, 3.05) is 5.32 Å². The van der Waals surface area contributed by atoms with Crippen molar-refractivity contribution in [3.63, 3.8) is 0 Å². The molecule has 1 N–H and O–H groups in total. The molecule has 1 aromatic rings. The van der Waals surface area contributed by atoms with Crippen LogP contribution in [-0.2, 0) is 4.74 Å². The van der Waals surface area contributed by atoms with Gasteiger partial charge in [0.05, 0.1) is 8.58 Å². The van der Waals surface area contributed by atoms with Crippen molar-refractivity contribution in [3.8, 4) is 0 Å². The van der Waals surface area contributed by atoms with Crippen molar-refractivity contribution in [2.45, 2.75) is 33.3 Å². The number of carbonyl (C=O) groups excluding carboxylic acids is 1. The highest BCUT2D eigenvalue weighted by atomic mass is 127. The monoisotopic (exact) mass is 340 g/mol. The fourth-order valence-electron chi connectivity index (χ4n) is 0.822. The molecule has 0 saturated carbocycles. The molecule has 0 unspecified atom stereocenters. The highest BCUT2D eigenvalue weighted by Crippen LogP contribution is 2.24. The first-order valence-corrected chi connectivity index (χ1v) is 6.30. The molecule has 0 radical (unpaired) electrons. The minimum atomic E-state index is -0.483. The van der Waals surface area contributed by atoms with Crippen LogP contribution >= 0.6 is 33.9 Å². The number of halogens is 1. The Morgan fingerprint density at radius 1 is 1.53 bits per heavy atom. The number of amides is 1. The fraction of sp³-hybridized carbons (Fsp3) is 0.556. The number of carbonyl (C=O) groups is 1. The van der Waals surface area contributed by atoms with Gasteiger partial charge in [-0.25, -0.2) is 9.78 Å². The molecule has 0 atom stereocenters. The third kappa shape index (κ3) is 4.33. The Morgan fingerprint density at radius 2 is 2.13 bits per heavy atom. The molecule has 0 fully saturated rings. The summed E-state index contributed by atoms with van der Waals surface area (Å²) in [6.45, 7) is 7.37. The van der Waals surface area contributed by atoms with E-state index >= 15 is 0 Å². The molecular weight excluding hydrogens is 327 g/mol. The molecule has 1 aromatic heterocycles. The van der Waals surface area contributed by atoms with Crippen LogP contribution in [-0.4, -0.2) is 16.7 Å². The van der Waals surface area contributed by atoms with E-state index in [1.165, 1.54) is 11.3 Å². The van der Waals surface area contributed by atoms with Gasteiger partial charge in [0, 0.05) is 0 Å². The van der Waals surface area contributed by atoms with E-state index in [-0.39, 0.29) is 0 Å². The number of aryl methyl sites for hydroxylation is 1. The lowest BCUT2D eigenvalue weighted by Crippen LogP contribution is -2.27. The van der Waals surface area contributed by atoms with Crippen LogP contribution < -0.4 is 5.32 Å². The summed E-state index contributed by atoms with van der Waals surface area (Å²) in [7, 11) is 0. The summed E-state index contributed by atoms with van der Waals surface area (Å²) in [5.41, 5.74) is 0.440. The first-order chi connectivity index (χ1) is 6.78. The van der Waals surface area contributed by atoms with Gasteiger partial charge in [0.2, 0.25) is 0 Å². The molecule has 0 saturated heterocycles. The number of nitrogens with one attached hydrogen (secondary N) is 1. The Kier molecular flexibility index (Phi) is 3.93. The van der Waals surface area contributed by atoms with E-state index < -0.39 is 11.7 Å². The number of hydrogen-bond donors (Lipinski definition) is 1. The number of anilines is 1. The largest absolute Gasteiger partial charge is 0.444 e. The van der Waals surface area contributed by atoms with Crippen LogP contribution in [0.1, 0.15) is 26.5 Å². The molecule has 15 heavy (non-hydrogen) atoms. The normalized spacial score (nSPS) is 11.3. The second-order valence-corrected chi connectivity index (χ2v) is 6.81. The van der Waals surface area contributed by atoms with Crippen molar-refractivity contribution < 1.29 is 9.53 Å². The summed E-state index contributed by atoms with van der Waals surface area (Å²) in [6.07, 6.45) is -0.465. The summed E-state index contributed by atoms with van der Waals surface area (Å²) in [4.78, 5) is 15.6. The molecule has 4 nitrogen and oxygen atoms in total. The SMILES string of the molecule is Cc1nc(NC(=O)OC(C)(C)C)sc1I. The predicted molar refractivity (Wildman–Crippen MR) is 69.4 cm³/mol. The Morgan fingerprint density at radius 3 is 2.53 bits per heavy atom. The van der Waals surface area contributed by atoms with Crippen molar-refractivity contribution in [1.29, 1.82) is 0 Å². The number of nitrogens with zero attached hydrogens (tertiary/aromatic N) is 1. The number of ether oxygens (including phenoxy) is 1. The lowest BCUT2D eigenvalue weighted by molar-refractivity contribution is 0.0636. The molecule has 0 bridgehead atoms. The molecule has 1 amide bonds. The van der Waals surface area contributed by atoms with Gasteiger partial charge in [0.25, 0.3) is 0 Å². The predicted octanol–water partition coefficient (Wildman–Crippen LogP) is 3.40. The molecule has 0 aliphatic carbocycles. The lowest BCUT2D eigenvalue weighted by atomic mass is 10.2. The van der Waals surface area contributed by atoms with Crippen LogP contribution in [0.25, 0.3) is 0 Å². The van der Waals surface area contributed by atoms with Crippen LogP contribution in [0.15, 0.2) is 0 Å². The van der Waals surface area contributed by atoms with Gasteiger partial charge < -0.3 is 4.74 Å². The standard InChI is InChI=1S/C9H13IN2O2S/c1-5-6(10)15-7(11-5)12-8(13)14-9(2,3)4/h1-4H3,(H,11,12,13). The number of hydrogen-bond acceptors (Lipinski definition) is 4. The second kappa shape index (κ2) is 4.65. The average molecular weight is 340 g/mol. The summed E-state index contributed by atoms with van der Waals surface area (Å²) >= 11 is 3.62.